The molecule has 0 aromatic heterocycles. The molecule has 1 amide bonds. The number of benzene rings is 3. The molecule has 6 nitrogen and oxygen atoms in total. The van der Waals surface area contributed by atoms with E-state index in [1.54, 1.807) is 31.4 Å². The zero-order valence-electron chi connectivity index (χ0n) is 19.7. The van der Waals surface area contributed by atoms with Crippen molar-refractivity contribution >= 4 is 34.9 Å². The third kappa shape index (κ3) is 2.80. The summed E-state index contributed by atoms with van der Waals surface area (Å²) in [5.41, 5.74) is 1.17. The highest BCUT2D eigenvalue weighted by molar-refractivity contribution is 6.16. The first-order valence-electron chi connectivity index (χ1n) is 11.7. The molecule has 36 heavy (non-hydrogen) atoms. The highest BCUT2D eigenvalue weighted by atomic mass is 19.1. The second kappa shape index (κ2) is 7.88. The predicted molar refractivity (Wildman–Crippen MR) is 134 cm³/mol. The van der Waals surface area contributed by atoms with Gasteiger partial charge in [0.25, 0.3) is 0 Å². The number of amides is 1. The second-order valence-electron chi connectivity index (χ2n) is 9.38. The monoisotopic (exact) mass is 482 g/mol. The number of fused-ring (bicyclic) bond motifs is 6. The lowest BCUT2D eigenvalue weighted by Gasteiger charge is -2.37. The van der Waals surface area contributed by atoms with Crippen LogP contribution in [0.1, 0.15) is 28.4 Å². The van der Waals surface area contributed by atoms with E-state index in [9.17, 15) is 18.8 Å². The van der Waals surface area contributed by atoms with Crippen molar-refractivity contribution < 1.29 is 23.5 Å². The maximum Gasteiger partial charge on any atom is 0.238 e. The van der Waals surface area contributed by atoms with Crippen molar-refractivity contribution in [2.75, 3.05) is 17.3 Å². The number of ketones is 2. The highest BCUT2D eigenvalue weighted by Gasteiger charge is 2.70. The van der Waals surface area contributed by atoms with E-state index in [4.69, 9.17) is 4.74 Å². The molecule has 7 heteroatoms. The minimum Gasteiger partial charge on any atom is -0.497 e. The van der Waals surface area contributed by atoms with E-state index in [-0.39, 0.29) is 17.3 Å². The van der Waals surface area contributed by atoms with Crippen LogP contribution in [0.25, 0.3) is 6.08 Å². The van der Waals surface area contributed by atoms with Gasteiger partial charge in [-0.15, -0.1) is 0 Å². The summed E-state index contributed by atoms with van der Waals surface area (Å²) in [6, 6.07) is 16.8. The number of anilines is 2. The van der Waals surface area contributed by atoms with Gasteiger partial charge in [0.2, 0.25) is 5.91 Å². The number of hydrogen-bond acceptors (Lipinski definition) is 5. The number of ether oxygens (including phenoxy) is 1. The van der Waals surface area contributed by atoms with Gasteiger partial charge >= 0.3 is 0 Å². The largest absolute Gasteiger partial charge is 0.497 e. The highest BCUT2D eigenvalue weighted by Crippen LogP contribution is 2.58. The van der Waals surface area contributed by atoms with Crippen molar-refractivity contribution in [2.24, 2.45) is 5.92 Å². The van der Waals surface area contributed by atoms with Gasteiger partial charge in [-0.3, -0.25) is 14.4 Å². The number of rotatable bonds is 4. The fourth-order valence-corrected chi connectivity index (χ4v) is 6.27. The van der Waals surface area contributed by atoms with Crippen LogP contribution in [0, 0.1) is 11.7 Å². The summed E-state index contributed by atoms with van der Waals surface area (Å²) < 4.78 is 20.3. The third-order valence-corrected chi connectivity index (χ3v) is 7.68. The molecule has 3 heterocycles. The van der Waals surface area contributed by atoms with Crippen molar-refractivity contribution in [1.29, 1.82) is 0 Å². The predicted octanol–water partition coefficient (Wildman–Crippen LogP) is 4.40. The average molecular weight is 483 g/mol. The molecule has 1 spiro atoms. The SMILES string of the molecule is COc1ccc2c(c1)C=C[C@@H]1N2[C@H](C(C)=O)[C@@H](C(=O)c2ccccc2F)[C@@]12C(=O)Nc1ccccc12. The van der Waals surface area contributed by atoms with Crippen molar-refractivity contribution in [3.05, 3.63) is 95.3 Å². The van der Waals surface area contributed by atoms with E-state index < -0.39 is 35.0 Å². The summed E-state index contributed by atoms with van der Waals surface area (Å²) in [6.45, 7) is 1.42. The first kappa shape index (κ1) is 22.2. The lowest BCUT2D eigenvalue weighted by atomic mass is 9.64. The van der Waals surface area contributed by atoms with Gasteiger partial charge in [0, 0.05) is 16.9 Å². The molecule has 180 valence electrons. The summed E-state index contributed by atoms with van der Waals surface area (Å²) in [5.74, 6) is -2.42. The number of methoxy groups -OCH3 is 1. The smallest absolute Gasteiger partial charge is 0.238 e. The molecule has 1 N–H and O–H groups in total. The molecular formula is C29H23FN2O4. The van der Waals surface area contributed by atoms with Gasteiger partial charge in [0.15, 0.2) is 11.6 Å². The molecule has 1 saturated heterocycles. The van der Waals surface area contributed by atoms with Gasteiger partial charge in [-0.2, -0.15) is 0 Å². The first-order chi connectivity index (χ1) is 17.4. The van der Waals surface area contributed by atoms with Crippen LogP contribution in [0.4, 0.5) is 15.8 Å². The Labute approximate surface area is 207 Å². The van der Waals surface area contributed by atoms with Crippen molar-refractivity contribution in [1.82, 2.24) is 0 Å². The van der Waals surface area contributed by atoms with Gasteiger partial charge in [-0.05, 0) is 48.9 Å². The quantitative estimate of drug-likeness (QED) is 0.558. The molecule has 0 aliphatic carbocycles. The van der Waals surface area contributed by atoms with Gasteiger partial charge in [-0.1, -0.05) is 42.5 Å². The van der Waals surface area contributed by atoms with Crippen LogP contribution in [0.5, 0.6) is 5.75 Å². The normalized spacial score (nSPS) is 25.2. The average Bonchev–Trinajstić information content (AvgIpc) is 3.36. The lowest BCUT2D eigenvalue weighted by molar-refractivity contribution is -0.122. The van der Waals surface area contributed by atoms with Crippen molar-refractivity contribution in [3.63, 3.8) is 0 Å². The Morgan fingerprint density at radius 3 is 2.56 bits per heavy atom. The van der Waals surface area contributed by atoms with Crippen LogP contribution in [0.3, 0.4) is 0 Å². The fourth-order valence-electron chi connectivity index (χ4n) is 6.27. The van der Waals surface area contributed by atoms with Gasteiger partial charge in [0.1, 0.15) is 17.0 Å². The summed E-state index contributed by atoms with van der Waals surface area (Å²) >= 11 is 0. The molecule has 3 aromatic carbocycles. The second-order valence-corrected chi connectivity index (χ2v) is 9.38. The number of nitrogens with one attached hydrogen (secondary N) is 1. The lowest BCUT2D eigenvalue weighted by Crippen LogP contribution is -2.51. The number of carbonyl (C=O) groups is 3. The van der Waals surface area contributed by atoms with E-state index in [0.717, 1.165) is 5.56 Å². The van der Waals surface area contributed by atoms with Gasteiger partial charge in [0.05, 0.1) is 30.7 Å². The number of Topliss-reactive ketones (excluding diaryl/α,β-unsaturated/α-hetero) is 2. The maximum absolute atomic E-state index is 14.9. The summed E-state index contributed by atoms with van der Waals surface area (Å²) in [7, 11) is 1.57. The van der Waals surface area contributed by atoms with Gasteiger partial charge in [-0.25, -0.2) is 4.39 Å². The van der Waals surface area contributed by atoms with Crippen LogP contribution in [0.2, 0.25) is 0 Å². The van der Waals surface area contributed by atoms with Crippen molar-refractivity contribution in [3.8, 4) is 5.75 Å². The Morgan fingerprint density at radius 1 is 1.06 bits per heavy atom. The maximum atomic E-state index is 14.9. The number of nitrogens with zero attached hydrogens (tertiary/aromatic N) is 1. The molecule has 0 unspecified atom stereocenters. The molecule has 1 fully saturated rings. The Morgan fingerprint density at radius 2 is 1.81 bits per heavy atom. The molecule has 4 atom stereocenters. The standard InChI is InChI=1S/C29H23FN2O4/c1-16(33)26-25(27(34)19-7-3-5-9-21(19)30)29(20-8-4-6-10-22(20)31-28(29)35)24-14-11-17-15-18(36-2)12-13-23(17)32(24)26/h3-15,24-26H,1-2H3,(H,31,35)/t24-,25-,26+,29-/m0/s1. The molecule has 0 saturated carbocycles. The summed E-state index contributed by atoms with van der Waals surface area (Å²) in [5, 5.41) is 2.94. The van der Waals surface area contributed by atoms with Crippen molar-refractivity contribution in [2.45, 2.75) is 24.4 Å². The number of para-hydroxylation sites is 1. The molecule has 0 radical (unpaired) electrons. The van der Waals surface area contributed by atoms with Crippen LogP contribution in [-0.2, 0) is 15.0 Å². The Balaban J connectivity index is 1.66. The minimum atomic E-state index is -1.43. The number of hydrogen-bond donors (Lipinski definition) is 1. The summed E-state index contributed by atoms with van der Waals surface area (Å²) in [6.07, 6.45) is 3.76. The fraction of sp³-hybridized carbons (Fsp3) is 0.207. The molecule has 3 aliphatic heterocycles. The number of carbonyl (C=O) groups excluding carboxylic acids is 3. The Hall–Kier alpha value is -4.26. The topological polar surface area (TPSA) is 75.7 Å². The van der Waals surface area contributed by atoms with E-state index >= 15 is 0 Å². The molecular weight excluding hydrogens is 459 g/mol. The minimum absolute atomic E-state index is 0.135. The van der Waals surface area contributed by atoms with E-state index in [2.05, 4.69) is 5.32 Å². The van der Waals surface area contributed by atoms with Crippen LogP contribution < -0.4 is 15.0 Å². The molecule has 3 aliphatic rings. The van der Waals surface area contributed by atoms with E-state index in [1.165, 1.54) is 25.1 Å². The van der Waals surface area contributed by atoms with E-state index in [1.807, 2.05) is 41.3 Å². The number of halogens is 1. The van der Waals surface area contributed by atoms with Crippen LogP contribution in [0.15, 0.2) is 72.8 Å². The van der Waals surface area contributed by atoms with Crippen LogP contribution in [-0.4, -0.2) is 36.7 Å². The van der Waals surface area contributed by atoms with Crippen LogP contribution >= 0.6 is 0 Å². The Bertz CT molecular complexity index is 1480. The molecule has 6 rings (SSSR count). The Kier molecular flexibility index (Phi) is 4.86. The zero-order chi connectivity index (χ0) is 25.2. The third-order valence-electron chi connectivity index (χ3n) is 7.68. The molecule has 0 bridgehead atoms. The van der Waals surface area contributed by atoms with E-state index in [0.29, 0.717) is 22.7 Å². The van der Waals surface area contributed by atoms with Gasteiger partial charge < -0.3 is 15.0 Å². The first-order valence-corrected chi connectivity index (χ1v) is 11.7. The summed E-state index contributed by atoms with van der Waals surface area (Å²) in [4.78, 5) is 43.4. The molecule has 3 aromatic rings. The zero-order valence-corrected chi connectivity index (χ0v) is 19.7.